The first-order valence-electron chi connectivity index (χ1n) is 12.4. The lowest BCUT2D eigenvalue weighted by Gasteiger charge is -2.32. The van der Waals surface area contributed by atoms with E-state index in [-0.39, 0.29) is 51.1 Å². The first-order chi connectivity index (χ1) is 18.3. The van der Waals surface area contributed by atoms with E-state index in [1.54, 1.807) is 13.8 Å². The molecular weight excluding hydrogens is 516 g/mol. The van der Waals surface area contributed by atoms with Crippen molar-refractivity contribution in [2.24, 2.45) is 5.41 Å². The largest absolute Gasteiger partial charge is 0.548 e. The summed E-state index contributed by atoms with van der Waals surface area (Å²) in [4.78, 5) is 76.0. The molecular formula is C25H32N4O10-2. The normalized spacial score (nSPS) is 22.9. The molecule has 1 aromatic heterocycles. The lowest BCUT2D eigenvalue weighted by atomic mass is 9.84. The first-order valence-corrected chi connectivity index (χ1v) is 12.4. The van der Waals surface area contributed by atoms with Crippen LogP contribution in [-0.4, -0.2) is 96.3 Å². The molecule has 0 bridgehead atoms. The highest BCUT2D eigenvalue weighted by molar-refractivity contribution is 5.92. The van der Waals surface area contributed by atoms with Gasteiger partial charge in [-0.3, -0.25) is 19.2 Å². The second-order valence-corrected chi connectivity index (χ2v) is 10.6. The Bertz CT molecular complexity index is 1100. The predicted octanol–water partition coefficient (Wildman–Crippen LogP) is -2.98. The number of hydrogen-bond acceptors (Lipinski definition) is 10. The van der Waals surface area contributed by atoms with Crippen LogP contribution in [0.1, 0.15) is 50.1 Å². The van der Waals surface area contributed by atoms with Gasteiger partial charge in [-0.25, -0.2) is 0 Å². The van der Waals surface area contributed by atoms with Crippen LogP contribution in [-0.2, 0) is 28.7 Å². The number of carboxylic acids is 2. The second kappa shape index (κ2) is 12.3. The number of methoxy groups -OCH3 is 1. The Balaban J connectivity index is 1.62. The van der Waals surface area contributed by atoms with Crippen molar-refractivity contribution in [3.63, 3.8) is 0 Å². The molecule has 214 valence electrons. The van der Waals surface area contributed by atoms with Gasteiger partial charge < -0.3 is 49.4 Å². The van der Waals surface area contributed by atoms with E-state index >= 15 is 0 Å². The standard InChI is InChI=1S/C25H34N4O10/c1-25(2,9-20(31)28-11-14(7-16(28)23(34)35)26-19(30)13-38-3)10-21(32)29-12-15(8-17(29)24(36)37)27-22(33)18-5-4-6-39-18/h4-6,14-17H,7-13H2,1-3H3,(H,26,30)(H,27,33)(H,34,35)(H,36,37)/p-2/t14-,15-,16-,17-/m0/s1. The maximum atomic E-state index is 13.2. The molecule has 4 amide bonds. The van der Waals surface area contributed by atoms with Gasteiger partial charge in [0.25, 0.3) is 5.91 Å². The van der Waals surface area contributed by atoms with E-state index in [2.05, 4.69) is 10.6 Å². The van der Waals surface area contributed by atoms with Crippen molar-refractivity contribution in [1.82, 2.24) is 20.4 Å². The summed E-state index contributed by atoms with van der Waals surface area (Å²) in [6.45, 7) is 2.92. The minimum absolute atomic E-state index is 0.0327. The number of furan rings is 1. The highest BCUT2D eigenvalue weighted by Gasteiger charge is 2.41. The molecule has 2 fully saturated rings. The number of carbonyl (C=O) groups excluding carboxylic acids is 6. The van der Waals surface area contributed by atoms with E-state index in [0.717, 1.165) is 9.80 Å². The Hall–Kier alpha value is -3.94. The summed E-state index contributed by atoms with van der Waals surface area (Å²) in [5, 5.41) is 28.7. The molecule has 0 unspecified atom stereocenters. The summed E-state index contributed by atoms with van der Waals surface area (Å²) < 4.78 is 9.78. The molecule has 0 spiro atoms. The zero-order chi connectivity index (χ0) is 28.9. The second-order valence-electron chi connectivity index (χ2n) is 10.6. The molecule has 2 aliphatic heterocycles. The third-order valence-corrected chi connectivity index (χ3v) is 6.77. The number of aliphatic carboxylic acids is 2. The minimum atomic E-state index is -1.47. The molecule has 2 N–H and O–H groups in total. The Kier molecular flexibility index (Phi) is 9.32. The quantitative estimate of drug-likeness (QED) is 0.287. The number of amides is 4. The van der Waals surface area contributed by atoms with Gasteiger partial charge in [-0.2, -0.15) is 0 Å². The molecule has 3 rings (SSSR count). The molecule has 4 atom stereocenters. The van der Waals surface area contributed by atoms with Crippen molar-refractivity contribution in [2.75, 3.05) is 26.8 Å². The fraction of sp³-hybridized carbons (Fsp3) is 0.600. The molecule has 2 saturated heterocycles. The third kappa shape index (κ3) is 7.56. The van der Waals surface area contributed by atoms with Crippen LogP contribution in [0.25, 0.3) is 0 Å². The van der Waals surface area contributed by atoms with E-state index in [0.29, 0.717) is 0 Å². The molecule has 39 heavy (non-hydrogen) atoms. The molecule has 14 nitrogen and oxygen atoms in total. The van der Waals surface area contributed by atoms with Crippen LogP contribution in [0.15, 0.2) is 22.8 Å². The lowest BCUT2D eigenvalue weighted by Crippen LogP contribution is -2.49. The van der Waals surface area contributed by atoms with Gasteiger partial charge in [0, 0.05) is 45.1 Å². The van der Waals surface area contributed by atoms with Gasteiger partial charge in [0.1, 0.15) is 6.61 Å². The Morgan fingerprint density at radius 2 is 1.46 bits per heavy atom. The van der Waals surface area contributed by atoms with Crippen LogP contribution < -0.4 is 20.8 Å². The van der Waals surface area contributed by atoms with Gasteiger partial charge in [0.2, 0.25) is 17.7 Å². The molecule has 0 aliphatic carbocycles. The summed E-state index contributed by atoms with van der Waals surface area (Å²) in [5.74, 6) is -4.99. The summed E-state index contributed by atoms with van der Waals surface area (Å²) in [6, 6.07) is -0.810. The maximum Gasteiger partial charge on any atom is 0.287 e. The van der Waals surface area contributed by atoms with Gasteiger partial charge in [0.05, 0.1) is 30.3 Å². The fourth-order valence-electron chi connectivity index (χ4n) is 5.03. The zero-order valence-corrected chi connectivity index (χ0v) is 22.0. The number of carbonyl (C=O) groups is 6. The summed E-state index contributed by atoms with van der Waals surface area (Å²) in [5.41, 5.74) is -0.978. The molecule has 0 saturated carbocycles. The average molecular weight is 549 g/mol. The number of rotatable bonds is 11. The van der Waals surface area contributed by atoms with Crippen molar-refractivity contribution in [2.45, 2.75) is 63.7 Å². The van der Waals surface area contributed by atoms with Crippen LogP contribution in [0.5, 0.6) is 0 Å². The maximum absolute atomic E-state index is 13.2. The van der Waals surface area contributed by atoms with Crippen molar-refractivity contribution in [1.29, 1.82) is 0 Å². The number of nitrogens with one attached hydrogen (secondary N) is 2. The molecule has 0 aromatic carbocycles. The topological polar surface area (TPSA) is 201 Å². The third-order valence-electron chi connectivity index (χ3n) is 6.77. The summed E-state index contributed by atoms with van der Waals surface area (Å²) >= 11 is 0. The van der Waals surface area contributed by atoms with Gasteiger partial charge in [-0.15, -0.1) is 0 Å². The smallest absolute Gasteiger partial charge is 0.287 e. The van der Waals surface area contributed by atoms with Gasteiger partial charge >= 0.3 is 0 Å². The van der Waals surface area contributed by atoms with Crippen molar-refractivity contribution in [3.05, 3.63) is 24.2 Å². The monoisotopic (exact) mass is 548 g/mol. The van der Waals surface area contributed by atoms with Crippen molar-refractivity contribution >= 4 is 35.6 Å². The lowest BCUT2D eigenvalue weighted by molar-refractivity contribution is -0.311. The number of nitrogens with zero attached hydrogens (tertiary/aromatic N) is 2. The summed E-state index contributed by atoms with van der Waals surface area (Å²) in [6.07, 6.45) is 0.789. The van der Waals surface area contributed by atoms with Gasteiger partial charge in [-0.1, -0.05) is 13.8 Å². The molecule has 2 aliphatic rings. The molecule has 14 heteroatoms. The zero-order valence-electron chi connectivity index (χ0n) is 22.0. The number of ether oxygens (including phenoxy) is 1. The number of carboxylic acid groups (broad SMARTS) is 2. The number of hydrogen-bond donors (Lipinski definition) is 2. The Morgan fingerprint density at radius 3 is 1.90 bits per heavy atom. The van der Waals surface area contributed by atoms with E-state index in [1.807, 2.05) is 0 Å². The molecule has 3 heterocycles. The Morgan fingerprint density at radius 1 is 0.949 bits per heavy atom. The van der Waals surface area contributed by atoms with Crippen LogP contribution in [0, 0.1) is 5.41 Å². The van der Waals surface area contributed by atoms with E-state index in [4.69, 9.17) is 9.15 Å². The SMILES string of the molecule is COCC(=O)N[C@H]1C[C@@H](C(=O)[O-])N(C(=O)CC(C)(C)CC(=O)N2C[C@@H](NC(=O)c3ccco3)C[C@H]2C(=O)[O-])C1. The first kappa shape index (κ1) is 29.6. The van der Waals surface area contributed by atoms with Crippen molar-refractivity contribution in [3.8, 4) is 0 Å². The molecule has 0 radical (unpaired) electrons. The van der Waals surface area contributed by atoms with Gasteiger partial charge in [0.15, 0.2) is 5.76 Å². The summed E-state index contributed by atoms with van der Waals surface area (Å²) in [7, 11) is 1.34. The van der Waals surface area contributed by atoms with Crippen LogP contribution >= 0.6 is 0 Å². The van der Waals surface area contributed by atoms with Crippen LogP contribution in [0.2, 0.25) is 0 Å². The fourth-order valence-corrected chi connectivity index (χ4v) is 5.03. The predicted molar refractivity (Wildman–Crippen MR) is 127 cm³/mol. The average Bonchev–Trinajstić information content (AvgIpc) is 3.58. The number of likely N-dealkylation sites (tertiary alicyclic amines) is 2. The van der Waals surface area contributed by atoms with Gasteiger partial charge in [-0.05, 0) is 30.4 Å². The van der Waals surface area contributed by atoms with Crippen molar-refractivity contribution < 1.29 is 48.1 Å². The van der Waals surface area contributed by atoms with Crippen LogP contribution in [0.3, 0.4) is 0 Å². The van der Waals surface area contributed by atoms with E-state index in [9.17, 15) is 39.0 Å². The highest BCUT2D eigenvalue weighted by atomic mass is 16.5. The Labute approximate surface area is 224 Å². The molecule has 1 aromatic rings. The van der Waals surface area contributed by atoms with E-state index < -0.39 is 65.1 Å². The highest BCUT2D eigenvalue weighted by Crippen LogP contribution is 2.31. The van der Waals surface area contributed by atoms with E-state index in [1.165, 1.54) is 25.5 Å². The minimum Gasteiger partial charge on any atom is -0.548 e. The van der Waals surface area contributed by atoms with Crippen LogP contribution in [0.4, 0.5) is 0 Å².